The Morgan fingerprint density at radius 2 is 1.74 bits per heavy atom. The maximum absolute atomic E-state index is 5.60. The number of aromatic nitrogens is 3. The van der Waals surface area contributed by atoms with E-state index in [4.69, 9.17) is 14.2 Å². The molecule has 1 aliphatic rings. The minimum Gasteiger partial charge on any atom is -0.494 e. The summed E-state index contributed by atoms with van der Waals surface area (Å²) in [4.78, 5) is 4.43. The van der Waals surface area contributed by atoms with Crippen molar-refractivity contribution in [1.82, 2.24) is 15.2 Å². The topological polar surface area (TPSA) is 90.4 Å². The Hall–Kier alpha value is -3.55. The molecular formula is C19H19N5O3. The summed E-state index contributed by atoms with van der Waals surface area (Å²) in [7, 11) is 0. The standard InChI is InChI=1S/C19H19N5O3/c1-2-25-15-6-3-13(4-7-15)22-19-23-18(12-20-24-19)21-14-5-8-16-17(11-14)27-10-9-26-16/h3-8,11-12H,2,9-10H2,1H3,(H2,21,22,23,24). The van der Waals surface area contributed by atoms with Crippen LogP contribution in [0, 0.1) is 0 Å². The molecule has 2 aromatic carbocycles. The SMILES string of the molecule is CCOc1ccc(Nc2nncc(Nc3ccc4c(c3)OCCO4)n2)cc1. The fourth-order valence-corrected chi connectivity index (χ4v) is 2.62. The fraction of sp³-hybridized carbons (Fsp3) is 0.211. The molecular weight excluding hydrogens is 346 g/mol. The summed E-state index contributed by atoms with van der Waals surface area (Å²) >= 11 is 0. The minimum atomic E-state index is 0.390. The van der Waals surface area contributed by atoms with Crippen molar-refractivity contribution in [2.24, 2.45) is 0 Å². The van der Waals surface area contributed by atoms with Crippen LogP contribution in [0.15, 0.2) is 48.7 Å². The van der Waals surface area contributed by atoms with Gasteiger partial charge in [-0.3, -0.25) is 0 Å². The molecule has 2 N–H and O–H groups in total. The Bertz CT molecular complexity index is 917. The van der Waals surface area contributed by atoms with Crippen LogP contribution in [0.25, 0.3) is 0 Å². The third kappa shape index (κ3) is 4.17. The average molecular weight is 365 g/mol. The van der Waals surface area contributed by atoms with Crippen molar-refractivity contribution in [2.45, 2.75) is 6.92 Å². The van der Waals surface area contributed by atoms with Crippen molar-refractivity contribution in [3.63, 3.8) is 0 Å². The summed E-state index contributed by atoms with van der Waals surface area (Å²) < 4.78 is 16.6. The molecule has 0 saturated carbocycles. The van der Waals surface area contributed by atoms with Crippen molar-refractivity contribution in [3.05, 3.63) is 48.7 Å². The molecule has 0 atom stereocenters. The van der Waals surface area contributed by atoms with Gasteiger partial charge in [0.15, 0.2) is 17.3 Å². The van der Waals surface area contributed by atoms with Gasteiger partial charge in [-0.05, 0) is 43.3 Å². The first-order chi connectivity index (χ1) is 13.3. The largest absolute Gasteiger partial charge is 0.494 e. The molecule has 3 aromatic rings. The van der Waals surface area contributed by atoms with Crippen LogP contribution < -0.4 is 24.8 Å². The normalized spacial score (nSPS) is 12.3. The maximum atomic E-state index is 5.60. The lowest BCUT2D eigenvalue weighted by molar-refractivity contribution is 0.171. The van der Waals surface area contributed by atoms with Crippen LogP contribution >= 0.6 is 0 Å². The lowest BCUT2D eigenvalue weighted by Gasteiger charge is -2.19. The van der Waals surface area contributed by atoms with Crippen molar-refractivity contribution in [1.29, 1.82) is 0 Å². The van der Waals surface area contributed by atoms with E-state index < -0.39 is 0 Å². The number of anilines is 4. The predicted molar refractivity (Wildman–Crippen MR) is 101 cm³/mol. The van der Waals surface area contributed by atoms with Gasteiger partial charge in [0.1, 0.15) is 19.0 Å². The van der Waals surface area contributed by atoms with Gasteiger partial charge in [0.05, 0.1) is 12.8 Å². The lowest BCUT2D eigenvalue weighted by atomic mass is 10.2. The molecule has 1 aromatic heterocycles. The van der Waals surface area contributed by atoms with Crippen LogP contribution in [-0.2, 0) is 0 Å². The molecule has 8 heteroatoms. The monoisotopic (exact) mass is 365 g/mol. The van der Waals surface area contributed by atoms with Gasteiger partial charge in [0, 0.05) is 17.4 Å². The maximum Gasteiger partial charge on any atom is 0.249 e. The van der Waals surface area contributed by atoms with E-state index in [-0.39, 0.29) is 0 Å². The summed E-state index contributed by atoms with van der Waals surface area (Å²) in [5.41, 5.74) is 1.67. The Labute approximate surface area is 156 Å². The smallest absolute Gasteiger partial charge is 0.249 e. The molecule has 0 aliphatic carbocycles. The highest BCUT2D eigenvalue weighted by atomic mass is 16.6. The molecule has 0 fully saturated rings. The van der Waals surface area contributed by atoms with Gasteiger partial charge < -0.3 is 24.8 Å². The summed E-state index contributed by atoms with van der Waals surface area (Å²) in [5, 5.41) is 14.3. The second kappa shape index (κ2) is 7.77. The first-order valence-electron chi connectivity index (χ1n) is 8.66. The van der Waals surface area contributed by atoms with E-state index in [1.54, 1.807) is 6.20 Å². The van der Waals surface area contributed by atoms with E-state index >= 15 is 0 Å². The summed E-state index contributed by atoms with van der Waals surface area (Å²) in [5.74, 6) is 3.22. The molecule has 0 bridgehead atoms. The van der Waals surface area contributed by atoms with Crippen LogP contribution in [0.2, 0.25) is 0 Å². The van der Waals surface area contributed by atoms with Crippen LogP contribution in [0.4, 0.5) is 23.1 Å². The van der Waals surface area contributed by atoms with Crippen molar-refractivity contribution >= 4 is 23.1 Å². The zero-order valence-electron chi connectivity index (χ0n) is 14.8. The predicted octanol–water partition coefficient (Wildman–Crippen LogP) is 3.53. The molecule has 138 valence electrons. The molecule has 4 rings (SSSR count). The highest BCUT2D eigenvalue weighted by Crippen LogP contribution is 2.33. The van der Waals surface area contributed by atoms with Gasteiger partial charge in [-0.2, -0.15) is 10.1 Å². The number of ether oxygens (including phenoxy) is 3. The summed E-state index contributed by atoms with van der Waals surface area (Å²) in [6.45, 7) is 3.69. The van der Waals surface area contributed by atoms with Crippen molar-refractivity contribution in [2.75, 3.05) is 30.5 Å². The zero-order valence-corrected chi connectivity index (χ0v) is 14.8. The van der Waals surface area contributed by atoms with Crippen molar-refractivity contribution in [3.8, 4) is 17.2 Å². The molecule has 27 heavy (non-hydrogen) atoms. The van der Waals surface area contributed by atoms with E-state index in [2.05, 4.69) is 25.8 Å². The van der Waals surface area contributed by atoms with Crippen LogP contribution in [0.5, 0.6) is 17.2 Å². The van der Waals surface area contributed by atoms with Gasteiger partial charge in [0.2, 0.25) is 5.95 Å². The molecule has 0 unspecified atom stereocenters. The minimum absolute atomic E-state index is 0.390. The van der Waals surface area contributed by atoms with Gasteiger partial charge in [0.25, 0.3) is 0 Å². The van der Waals surface area contributed by atoms with E-state index in [1.807, 2.05) is 49.4 Å². The molecule has 2 heterocycles. The Balaban J connectivity index is 1.46. The first kappa shape index (κ1) is 16.9. The number of nitrogens with zero attached hydrogens (tertiary/aromatic N) is 3. The third-order valence-corrected chi connectivity index (χ3v) is 3.79. The summed E-state index contributed by atoms with van der Waals surface area (Å²) in [6.07, 6.45) is 1.56. The fourth-order valence-electron chi connectivity index (χ4n) is 2.62. The van der Waals surface area contributed by atoms with E-state index in [0.717, 1.165) is 22.9 Å². The highest BCUT2D eigenvalue weighted by Gasteiger charge is 2.12. The number of nitrogens with one attached hydrogen (secondary N) is 2. The molecule has 0 radical (unpaired) electrons. The summed E-state index contributed by atoms with van der Waals surface area (Å²) in [6, 6.07) is 13.2. The second-order valence-corrected chi connectivity index (χ2v) is 5.73. The average Bonchev–Trinajstić information content (AvgIpc) is 2.70. The lowest BCUT2D eigenvalue weighted by Crippen LogP contribution is -2.15. The van der Waals surface area contributed by atoms with E-state index in [0.29, 0.717) is 37.3 Å². The van der Waals surface area contributed by atoms with Crippen LogP contribution in [0.3, 0.4) is 0 Å². The Morgan fingerprint density at radius 1 is 0.963 bits per heavy atom. The van der Waals surface area contributed by atoms with Gasteiger partial charge in [-0.15, -0.1) is 5.10 Å². The van der Waals surface area contributed by atoms with Crippen molar-refractivity contribution < 1.29 is 14.2 Å². The highest BCUT2D eigenvalue weighted by molar-refractivity contribution is 5.62. The van der Waals surface area contributed by atoms with Gasteiger partial charge in [-0.1, -0.05) is 0 Å². The quantitative estimate of drug-likeness (QED) is 0.686. The van der Waals surface area contributed by atoms with Gasteiger partial charge in [-0.25, -0.2) is 0 Å². The van der Waals surface area contributed by atoms with Gasteiger partial charge >= 0.3 is 0 Å². The molecule has 0 amide bonds. The van der Waals surface area contributed by atoms with E-state index in [9.17, 15) is 0 Å². The first-order valence-corrected chi connectivity index (χ1v) is 8.66. The number of hydrogen-bond acceptors (Lipinski definition) is 8. The van der Waals surface area contributed by atoms with Crippen LogP contribution in [-0.4, -0.2) is 35.0 Å². The number of benzene rings is 2. The Morgan fingerprint density at radius 3 is 2.56 bits per heavy atom. The number of hydrogen-bond donors (Lipinski definition) is 2. The Kier molecular flexibility index (Phi) is 4.86. The third-order valence-electron chi connectivity index (χ3n) is 3.79. The molecule has 8 nitrogen and oxygen atoms in total. The zero-order chi connectivity index (χ0) is 18.5. The molecule has 0 spiro atoms. The second-order valence-electron chi connectivity index (χ2n) is 5.73. The number of fused-ring (bicyclic) bond motifs is 1. The van der Waals surface area contributed by atoms with Crippen LogP contribution in [0.1, 0.15) is 6.92 Å². The molecule has 1 aliphatic heterocycles. The molecule has 0 saturated heterocycles. The number of rotatable bonds is 6. The van der Waals surface area contributed by atoms with E-state index in [1.165, 1.54) is 0 Å².